The van der Waals surface area contributed by atoms with Crippen molar-refractivity contribution in [1.29, 1.82) is 0 Å². The zero-order valence-corrected chi connectivity index (χ0v) is 22.0. The third-order valence-electron chi connectivity index (χ3n) is 5.96. The second-order valence-corrected chi connectivity index (χ2v) is 9.81. The first-order chi connectivity index (χ1) is 18.4. The number of aryl methyl sites for hydroxylation is 1. The molecule has 0 saturated heterocycles. The van der Waals surface area contributed by atoms with Crippen LogP contribution in [0.1, 0.15) is 63.4 Å². The van der Waals surface area contributed by atoms with Crippen LogP contribution in [0.2, 0.25) is 0 Å². The highest BCUT2D eigenvalue weighted by Crippen LogP contribution is 2.38. The summed E-state index contributed by atoms with van der Waals surface area (Å²) in [5.74, 6) is -0.662. The van der Waals surface area contributed by atoms with E-state index >= 15 is 0 Å². The molecule has 0 radical (unpaired) electrons. The van der Waals surface area contributed by atoms with E-state index in [1.165, 1.54) is 29.7 Å². The molecule has 38 heavy (non-hydrogen) atoms. The van der Waals surface area contributed by atoms with Crippen molar-refractivity contribution in [3.63, 3.8) is 0 Å². The monoisotopic (exact) mass is 535 g/mol. The van der Waals surface area contributed by atoms with E-state index in [0.717, 1.165) is 36.1 Å². The highest BCUT2D eigenvalue weighted by molar-refractivity contribution is 7.17. The maximum atomic E-state index is 13.0. The van der Waals surface area contributed by atoms with Gasteiger partial charge in [-0.1, -0.05) is 0 Å². The van der Waals surface area contributed by atoms with Crippen LogP contribution in [0.25, 0.3) is 0 Å². The van der Waals surface area contributed by atoms with Crippen LogP contribution in [0, 0.1) is 0 Å². The Bertz CT molecular complexity index is 1330. The number of hydrogen-bond donors (Lipinski definition) is 3. The number of ether oxygens (including phenoxy) is 2. The Labute approximate surface area is 224 Å². The number of thiophene rings is 1. The van der Waals surface area contributed by atoms with Crippen molar-refractivity contribution in [3.05, 3.63) is 75.7 Å². The maximum absolute atomic E-state index is 13.0. The Morgan fingerprint density at radius 2 is 1.79 bits per heavy atom. The average Bonchev–Trinajstić information content (AvgIpc) is 3.28. The predicted octanol–water partition coefficient (Wildman–Crippen LogP) is 4.68. The van der Waals surface area contributed by atoms with Crippen molar-refractivity contribution in [1.82, 2.24) is 5.43 Å². The number of carbonyl (C=O) groups is 3. The molecule has 0 bridgehead atoms. The van der Waals surface area contributed by atoms with Crippen molar-refractivity contribution >= 4 is 40.3 Å². The Kier molecular flexibility index (Phi) is 8.75. The highest BCUT2D eigenvalue weighted by atomic mass is 32.1. The Morgan fingerprint density at radius 3 is 2.50 bits per heavy atom. The molecule has 3 N–H and O–H groups in total. The molecule has 4 rings (SSSR count). The van der Waals surface area contributed by atoms with E-state index < -0.39 is 18.0 Å². The molecule has 0 fully saturated rings. The van der Waals surface area contributed by atoms with Crippen molar-refractivity contribution in [3.8, 4) is 11.5 Å². The lowest BCUT2D eigenvalue weighted by atomic mass is 9.95. The number of benzene rings is 2. The first-order valence-corrected chi connectivity index (χ1v) is 13.2. The van der Waals surface area contributed by atoms with Gasteiger partial charge in [0.1, 0.15) is 16.5 Å². The van der Waals surface area contributed by atoms with Crippen LogP contribution in [0.4, 0.5) is 5.00 Å². The van der Waals surface area contributed by atoms with Crippen LogP contribution >= 0.6 is 11.3 Å². The standard InChI is InChI=1S/C28H29N3O6S/c1-3-36-28(35)24-22-6-4-5-7-23(22)38-27(24)30-26(34)19-10-14-21(15-11-19)37-17(2)25(33)31-29-16-18-8-12-20(32)13-9-18/h8-17,32H,3-7H2,1-2H3,(H,30,34)(H,31,33)/b29-16-/t17-/m0/s1. The number of phenols is 1. The summed E-state index contributed by atoms with van der Waals surface area (Å²) in [5.41, 5.74) is 4.95. The smallest absolute Gasteiger partial charge is 0.341 e. The van der Waals surface area contributed by atoms with Gasteiger partial charge < -0.3 is 19.9 Å². The molecule has 2 amide bonds. The van der Waals surface area contributed by atoms with Crippen molar-refractivity contribution < 1.29 is 29.0 Å². The Morgan fingerprint density at radius 1 is 1.08 bits per heavy atom. The number of amides is 2. The maximum Gasteiger partial charge on any atom is 0.341 e. The normalized spacial score (nSPS) is 13.4. The van der Waals surface area contributed by atoms with E-state index in [4.69, 9.17) is 9.47 Å². The number of fused-ring (bicyclic) bond motifs is 1. The van der Waals surface area contributed by atoms with Gasteiger partial charge in [0, 0.05) is 10.4 Å². The van der Waals surface area contributed by atoms with Crippen LogP contribution in [-0.2, 0) is 22.4 Å². The van der Waals surface area contributed by atoms with Gasteiger partial charge in [-0.2, -0.15) is 5.10 Å². The van der Waals surface area contributed by atoms with Crippen LogP contribution in [0.5, 0.6) is 11.5 Å². The second kappa shape index (κ2) is 12.4. The lowest BCUT2D eigenvalue weighted by Gasteiger charge is -2.13. The molecule has 1 aromatic heterocycles. The number of carbonyl (C=O) groups excluding carboxylic acids is 3. The van der Waals surface area contributed by atoms with Gasteiger partial charge in [-0.3, -0.25) is 9.59 Å². The number of hydrazone groups is 1. The molecule has 10 heteroatoms. The number of nitrogens with zero attached hydrogens (tertiary/aromatic N) is 1. The lowest BCUT2D eigenvalue weighted by molar-refractivity contribution is -0.127. The van der Waals surface area contributed by atoms with Gasteiger partial charge in [0.15, 0.2) is 6.10 Å². The fourth-order valence-electron chi connectivity index (χ4n) is 4.01. The van der Waals surface area contributed by atoms with E-state index in [2.05, 4.69) is 15.8 Å². The SMILES string of the molecule is CCOC(=O)c1c(NC(=O)c2ccc(O[C@@H](C)C(=O)N/N=C\c3ccc(O)cc3)cc2)sc2c1CCCC2. The fraction of sp³-hybridized carbons (Fsp3) is 0.286. The molecule has 0 unspecified atom stereocenters. The van der Waals surface area contributed by atoms with E-state index in [1.807, 2.05) is 0 Å². The molecule has 0 spiro atoms. The van der Waals surface area contributed by atoms with E-state index in [-0.39, 0.29) is 18.3 Å². The van der Waals surface area contributed by atoms with Gasteiger partial charge in [-0.15, -0.1) is 11.3 Å². The highest BCUT2D eigenvalue weighted by Gasteiger charge is 2.27. The minimum Gasteiger partial charge on any atom is -0.508 e. The lowest BCUT2D eigenvalue weighted by Crippen LogP contribution is -2.33. The number of phenolic OH excluding ortho intramolecular Hbond substituents is 1. The van der Waals surface area contributed by atoms with Crippen molar-refractivity contribution in [2.24, 2.45) is 5.10 Å². The van der Waals surface area contributed by atoms with Gasteiger partial charge in [0.05, 0.1) is 18.4 Å². The number of aromatic hydroxyl groups is 1. The number of hydrogen-bond acceptors (Lipinski definition) is 8. The molecule has 1 aliphatic rings. The summed E-state index contributed by atoms with van der Waals surface area (Å²) in [6.45, 7) is 3.61. The largest absolute Gasteiger partial charge is 0.508 e. The van der Waals surface area contributed by atoms with E-state index in [1.54, 1.807) is 50.2 Å². The van der Waals surface area contributed by atoms with E-state index in [9.17, 15) is 19.5 Å². The first-order valence-electron chi connectivity index (χ1n) is 12.4. The summed E-state index contributed by atoms with van der Waals surface area (Å²) in [4.78, 5) is 39.0. The average molecular weight is 536 g/mol. The molecule has 1 atom stereocenters. The van der Waals surface area contributed by atoms with Gasteiger partial charge in [-0.25, -0.2) is 10.2 Å². The summed E-state index contributed by atoms with van der Waals surface area (Å²) in [7, 11) is 0. The third-order valence-corrected chi connectivity index (χ3v) is 7.17. The summed E-state index contributed by atoms with van der Waals surface area (Å²) in [6, 6.07) is 12.7. The summed E-state index contributed by atoms with van der Waals surface area (Å²) in [6.07, 6.45) is 4.38. The minimum atomic E-state index is -0.837. The molecule has 198 valence electrons. The molecule has 9 nitrogen and oxygen atoms in total. The molecule has 1 heterocycles. The molecular weight excluding hydrogens is 506 g/mol. The summed E-state index contributed by atoms with van der Waals surface area (Å²) < 4.78 is 10.9. The Hall–Kier alpha value is -4.18. The third kappa shape index (κ3) is 6.57. The Balaban J connectivity index is 1.36. The van der Waals surface area contributed by atoms with Gasteiger partial charge in [0.25, 0.3) is 11.8 Å². The number of nitrogens with one attached hydrogen (secondary N) is 2. The number of rotatable bonds is 9. The zero-order valence-electron chi connectivity index (χ0n) is 21.2. The van der Waals surface area contributed by atoms with Crippen LogP contribution in [0.3, 0.4) is 0 Å². The van der Waals surface area contributed by atoms with Gasteiger partial charge in [0.2, 0.25) is 0 Å². The van der Waals surface area contributed by atoms with Crippen LogP contribution in [-0.4, -0.2) is 41.8 Å². The first kappa shape index (κ1) is 26.9. The number of esters is 1. The van der Waals surface area contributed by atoms with Crippen molar-refractivity contribution in [2.75, 3.05) is 11.9 Å². The van der Waals surface area contributed by atoms with Crippen molar-refractivity contribution in [2.45, 2.75) is 45.6 Å². The molecule has 0 aliphatic heterocycles. The topological polar surface area (TPSA) is 126 Å². The predicted molar refractivity (Wildman–Crippen MR) is 145 cm³/mol. The molecule has 2 aromatic carbocycles. The van der Waals surface area contributed by atoms with Gasteiger partial charge >= 0.3 is 5.97 Å². The van der Waals surface area contributed by atoms with Gasteiger partial charge in [-0.05, 0) is 99.2 Å². The second-order valence-electron chi connectivity index (χ2n) is 8.70. The summed E-state index contributed by atoms with van der Waals surface area (Å²) >= 11 is 1.43. The fourth-order valence-corrected chi connectivity index (χ4v) is 5.29. The van der Waals surface area contributed by atoms with E-state index in [0.29, 0.717) is 27.4 Å². The minimum absolute atomic E-state index is 0.142. The zero-order chi connectivity index (χ0) is 27.1. The van der Waals surface area contributed by atoms with Crippen LogP contribution < -0.4 is 15.5 Å². The molecule has 3 aromatic rings. The number of anilines is 1. The summed E-state index contributed by atoms with van der Waals surface area (Å²) in [5, 5.41) is 16.6. The quantitative estimate of drug-likeness (QED) is 0.208. The molecular formula is C28H29N3O6S. The molecule has 1 aliphatic carbocycles. The molecule has 0 saturated carbocycles. The van der Waals surface area contributed by atoms with Crippen LogP contribution in [0.15, 0.2) is 53.6 Å².